The van der Waals surface area contributed by atoms with Crippen LogP contribution in [0.3, 0.4) is 0 Å². The molecule has 1 aromatic carbocycles. The number of aldehydes is 1. The van der Waals surface area contributed by atoms with Crippen LogP contribution in [-0.4, -0.2) is 19.4 Å². The number of hydrogen-bond donors (Lipinski definition) is 0. The van der Waals surface area contributed by atoms with Gasteiger partial charge in [-0.15, -0.1) is 11.3 Å². The van der Waals surface area contributed by atoms with Gasteiger partial charge < -0.3 is 4.74 Å². The van der Waals surface area contributed by atoms with E-state index in [0.717, 1.165) is 17.4 Å². The van der Waals surface area contributed by atoms with Crippen molar-refractivity contribution in [3.05, 3.63) is 46.2 Å². The molecule has 0 N–H and O–H groups in total. The van der Waals surface area contributed by atoms with E-state index in [1.54, 1.807) is 18.2 Å². The van der Waals surface area contributed by atoms with Crippen LogP contribution in [0.5, 0.6) is 0 Å². The fraction of sp³-hybridized carbons (Fsp3) is 0.0769. The SMILES string of the molecule is COC(=O)c1cc(-c2ccc(C=O)cc2)cs1. The number of carbonyl (C=O) groups is 2. The first-order valence-electron chi connectivity index (χ1n) is 4.97. The predicted octanol–water partition coefficient (Wildman–Crippen LogP) is 3.01. The van der Waals surface area contributed by atoms with Crippen LogP contribution >= 0.6 is 11.3 Å². The molecule has 0 atom stereocenters. The Kier molecular flexibility index (Phi) is 3.35. The zero-order chi connectivity index (χ0) is 12.3. The summed E-state index contributed by atoms with van der Waals surface area (Å²) in [5, 5.41) is 1.89. The van der Waals surface area contributed by atoms with E-state index < -0.39 is 0 Å². The second-order valence-corrected chi connectivity index (χ2v) is 4.34. The maximum Gasteiger partial charge on any atom is 0.348 e. The summed E-state index contributed by atoms with van der Waals surface area (Å²) in [7, 11) is 1.36. The highest BCUT2D eigenvalue weighted by atomic mass is 32.1. The zero-order valence-electron chi connectivity index (χ0n) is 9.17. The molecule has 2 rings (SSSR count). The molecule has 17 heavy (non-hydrogen) atoms. The van der Waals surface area contributed by atoms with E-state index in [2.05, 4.69) is 4.74 Å². The Hall–Kier alpha value is -1.94. The van der Waals surface area contributed by atoms with Crippen molar-refractivity contribution in [2.45, 2.75) is 0 Å². The fourth-order valence-corrected chi connectivity index (χ4v) is 2.28. The molecular weight excluding hydrogens is 236 g/mol. The lowest BCUT2D eigenvalue weighted by atomic mass is 10.1. The highest BCUT2D eigenvalue weighted by Crippen LogP contribution is 2.26. The van der Waals surface area contributed by atoms with E-state index in [-0.39, 0.29) is 5.97 Å². The Morgan fingerprint density at radius 3 is 2.53 bits per heavy atom. The number of hydrogen-bond acceptors (Lipinski definition) is 4. The van der Waals surface area contributed by atoms with Gasteiger partial charge in [0.15, 0.2) is 0 Å². The molecule has 0 aliphatic heterocycles. The van der Waals surface area contributed by atoms with Crippen LogP contribution in [0.4, 0.5) is 0 Å². The zero-order valence-corrected chi connectivity index (χ0v) is 9.99. The maximum atomic E-state index is 11.3. The van der Waals surface area contributed by atoms with Crippen molar-refractivity contribution >= 4 is 23.6 Å². The summed E-state index contributed by atoms with van der Waals surface area (Å²) in [5.74, 6) is -0.328. The van der Waals surface area contributed by atoms with E-state index in [0.29, 0.717) is 10.4 Å². The molecule has 4 heteroatoms. The summed E-state index contributed by atoms with van der Waals surface area (Å²) >= 11 is 1.34. The molecule has 0 saturated carbocycles. The van der Waals surface area contributed by atoms with E-state index >= 15 is 0 Å². The van der Waals surface area contributed by atoms with Crippen LogP contribution in [0.25, 0.3) is 11.1 Å². The second kappa shape index (κ2) is 4.93. The highest BCUT2D eigenvalue weighted by Gasteiger charge is 2.09. The predicted molar refractivity (Wildman–Crippen MR) is 66.5 cm³/mol. The summed E-state index contributed by atoms with van der Waals surface area (Å²) in [4.78, 5) is 22.4. The maximum absolute atomic E-state index is 11.3. The molecule has 1 heterocycles. The average Bonchev–Trinajstić information content (AvgIpc) is 2.87. The van der Waals surface area contributed by atoms with Gasteiger partial charge in [-0.3, -0.25) is 4.79 Å². The molecule has 0 spiro atoms. The lowest BCUT2D eigenvalue weighted by Crippen LogP contribution is -1.96. The number of methoxy groups -OCH3 is 1. The molecule has 3 nitrogen and oxygen atoms in total. The third-order valence-corrected chi connectivity index (χ3v) is 3.28. The summed E-state index contributed by atoms with van der Waals surface area (Å²) in [6.45, 7) is 0. The van der Waals surface area contributed by atoms with Gasteiger partial charge in [0, 0.05) is 5.56 Å². The van der Waals surface area contributed by atoms with Gasteiger partial charge in [-0.2, -0.15) is 0 Å². The third kappa shape index (κ3) is 2.42. The monoisotopic (exact) mass is 246 g/mol. The van der Waals surface area contributed by atoms with Crippen molar-refractivity contribution in [2.75, 3.05) is 7.11 Å². The van der Waals surface area contributed by atoms with Gasteiger partial charge in [-0.05, 0) is 22.6 Å². The van der Waals surface area contributed by atoms with Crippen molar-refractivity contribution in [1.82, 2.24) is 0 Å². The first kappa shape index (κ1) is 11.5. The normalized spacial score (nSPS) is 9.94. The first-order valence-corrected chi connectivity index (χ1v) is 5.85. The standard InChI is InChI=1S/C13H10O3S/c1-16-13(15)12-6-11(8-17-12)10-4-2-9(7-14)3-5-10/h2-8H,1H3. The van der Waals surface area contributed by atoms with Crippen molar-refractivity contribution in [2.24, 2.45) is 0 Å². The number of ether oxygens (including phenoxy) is 1. The molecular formula is C13H10O3S. The smallest absolute Gasteiger partial charge is 0.348 e. The number of rotatable bonds is 3. The Balaban J connectivity index is 2.30. The van der Waals surface area contributed by atoms with E-state index in [9.17, 15) is 9.59 Å². The molecule has 86 valence electrons. The van der Waals surface area contributed by atoms with Crippen molar-refractivity contribution in [3.8, 4) is 11.1 Å². The van der Waals surface area contributed by atoms with Crippen LogP contribution in [0.1, 0.15) is 20.0 Å². The minimum Gasteiger partial charge on any atom is -0.465 e. The molecule has 0 radical (unpaired) electrons. The fourth-order valence-electron chi connectivity index (χ4n) is 1.45. The Bertz CT molecular complexity index is 540. The Labute approximate surface area is 103 Å². The summed E-state index contributed by atoms with van der Waals surface area (Å²) in [6.07, 6.45) is 0.803. The average molecular weight is 246 g/mol. The largest absolute Gasteiger partial charge is 0.465 e. The summed E-state index contributed by atoms with van der Waals surface area (Å²) in [5.41, 5.74) is 2.56. The topological polar surface area (TPSA) is 43.4 Å². The van der Waals surface area contributed by atoms with Gasteiger partial charge in [0.05, 0.1) is 7.11 Å². The molecule has 0 amide bonds. The van der Waals surface area contributed by atoms with Gasteiger partial charge >= 0.3 is 5.97 Å². The summed E-state index contributed by atoms with van der Waals surface area (Å²) < 4.78 is 4.65. The Morgan fingerprint density at radius 2 is 1.94 bits per heavy atom. The van der Waals surface area contributed by atoms with Crippen LogP contribution in [0.15, 0.2) is 35.7 Å². The third-order valence-electron chi connectivity index (χ3n) is 2.37. The minimum absolute atomic E-state index is 0.328. The second-order valence-electron chi connectivity index (χ2n) is 3.43. The van der Waals surface area contributed by atoms with E-state index in [1.807, 2.05) is 17.5 Å². The number of thiophene rings is 1. The first-order chi connectivity index (χ1) is 8.24. The number of benzene rings is 1. The molecule has 0 aliphatic carbocycles. The van der Waals surface area contributed by atoms with E-state index in [4.69, 9.17) is 0 Å². The number of carbonyl (C=O) groups excluding carboxylic acids is 2. The highest BCUT2D eigenvalue weighted by molar-refractivity contribution is 7.12. The Morgan fingerprint density at radius 1 is 1.24 bits per heavy atom. The minimum atomic E-state index is -0.328. The van der Waals surface area contributed by atoms with Gasteiger partial charge in [-0.1, -0.05) is 24.3 Å². The molecule has 0 aliphatic rings. The van der Waals surface area contributed by atoms with Crippen LogP contribution in [0.2, 0.25) is 0 Å². The molecule has 0 fully saturated rings. The van der Waals surface area contributed by atoms with Gasteiger partial charge in [-0.25, -0.2) is 4.79 Å². The van der Waals surface area contributed by atoms with Gasteiger partial charge in [0.2, 0.25) is 0 Å². The van der Waals surface area contributed by atoms with Crippen LogP contribution < -0.4 is 0 Å². The van der Waals surface area contributed by atoms with Crippen LogP contribution in [-0.2, 0) is 4.74 Å². The molecule has 0 bridgehead atoms. The lowest BCUT2D eigenvalue weighted by molar-refractivity contribution is 0.0606. The van der Waals surface area contributed by atoms with E-state index in [1.165, 1.54) is 18.4 Å². The van der Waals surface area contributed by atoms with Crippen molar-refractivity contribution < 1.29 is 14.3 Å². The summed E-state index contributed by atoms with van der Waals surface area (Å²) in [6, 6.07) is 8.99. The van der Waals surface area contributed by atoms with Crippen LogP contribution in [0, 0.1) is 0 Å². The molecule has 0 saturated heterocycles. The van der Waals surface area contributed by atoms with Gasteiger partial charge in [0.25, 0.3) is 0 Å². The molecule has 0 unspecified atom stereocenters. The number of esters is 1. The molecule has 1 aromatic heterocycles. The molecule has 2 aromatic rings. The van der Waals surface area contributed by atoms with Crippen molar-refractivity contribution in [1.29, 1.82) is 0 Å². The van der Waals surface area contributed by atoms with Crippen molar-refractivity contribution in [3.63, 3.8) is 0 Å². The lowest BCUT2D eigenvalue weighted by Gasteiger charge is -1.97. The quantitative estimate of drug-likeness (QED) is 0.617. The van der Waals surface area contributed by atoms with Gasteiger partial charge in [0.1, 0.15) is 11.2 Å².